The molecule has 0 saturated heterocycles. The Bertz CT molecular complexity index is 2060. The smallest absolute Gasteiger partial charge is 0.0715 e. The van der Waals surface area contributed by atoms with Crippen LogP contribution in [0.25, 0.3) is 33.7 Å². The molecule has 1 aromatic heterocycles. The van der Waals surface area contributed by atoms with Crippen LogP contribution >= 0.6 is 0 Å². The van der Waals surface area contributed by atoms with Crippen LogP contribution in [0.2, 0.25) is 0 Å². The van der Waals surface area contributed by atoms with Crippen LogP contribution in [0.1, 0.15) is 42.4 Å². The molecule has 2 aliphatic heterocycles. The van der Waals surface area contributed by atoms with Crippen LogP contribution in [0.3, 0.4) is 0 Å². The minimum Gasteiger partial charge on any atom is -0.289 e. The highest BCUT2D eigenvalue weighted by molar-refractivity contribution is 6.07. The van der Waals surface area contributed by atoms with Gasteiger partial charge >= 0.3 is 0 Å². The molecule has 4 unspecified atom stereocenters. The van der Waals surface area contributed by atoms with Gasteiger partial charge < -0.3 is 0 Å². The highest BCUT2D eigenvalue weighted by atomic mass is 14.8. The van der Waals surface area contributed by atoms with Crippen molar-refractivity contribution in [2.45, 2.75) is 31.7 Å². The Hall–Kier alpha value is -5.67. The summed E-state index contributed by atoms with van der Waals surface area (Å²) in [5, 5.41) is 0. The number of pyridine rings is 1. The third kappa shape index (κ3) is 6.58. The zero-order chi connectivity index (χ0) is 33.0. The molecule has 0 spiro atoms. The summed E-state index contributed by atoms with van der Waals surface area (Å²) in [6, 6.07) is 47.2. The molecule has 3 heterocycles. The lowest BCUT2D eigenvalue weighted by Gasteiger charge is -2.32. The molecular weight excluding hydrogens is 595 g/mol. The number of rotatable bonds is 7. The number of aromatic nitrogens is 1. The van der Waals surface area contributed by atoms with Crippen LogP contribution in [0.15, 0.2) is 180 Å². The van der Waals surface area contributed by atoms with Crippen LogP contribution in [0.5, 0.6) is 0 Å². The Morgan fingerprint density at radius 3 is 1.84 bits per heavy atom. The predicted octanol–water partition coefficient (Wildman–Crippen LogP) is 11.1. The SMILES string of the molecule is CC1C(C2=CC(C3CC(c4ccccc4)=CC=N3)CC(c3cc(-c4ccccc4)nc(-c4ccccc4)c3)=C2)=NC=CC1c1ccccc1. The third-order valence-corrected chi connectivity index (χ3v) is 10.1. The highest BCUT2D eigenvalue weighted by Gasteiger charge is 2.31. The molecule has 0 N–H and O–H groups in total. The van der Waals surface area contributed by atoms with Gasteiger partial charge in [-0.05, 0) is 70.5 Å². The van der Waals surface area contributed by atoms with E-state index in [0.717, 1.165) is 41.1 Å². The van der Waals surface area contributed by atoms with Gasteiger partial charge in [0.1, 0.15) is 0 Å². The monoisotopic (exact) mass is 633 g/mol. The molecule has 0 bridgehead atoms. The van der Waals surface area contributed by atoms with Gasteiger partial charge in [-0.3, -0.25) is 9.98 Å². The summed E-state index contributed by atoms with van der Waals surface area (Å²) in [5.41, 5.74) is 12.9. The Balaban J connectivity index is 1.22. The third-order valence-electron chi connectivity index (χ3n) is 10.1. The summed E-state index contributed by atoms with van der Waals surface area (Å²) < 4.78 is 0. The first-order chi connectivity index (χ1) is 24.2. The van der Waals surface area contributed by atoms with E-state index in [2.05, 4.69) is 165 Å². The molecule has 3 heteroatoms. The van der Waals surface area contributed by atoms with E-state index in [1.165, 1.54) is 33.4 Å². The Morgan fingerprint density at radius 1 is 0.612 bits per heavy atom. The average molecular weight is 634 g/mol. The Kier molecular flexibility index (Phi) is 8.65. The summed E-state index contributed by atoms with van der Waals surface area (Å²) in [7, 11) is 0. The molecule has 8 rings (SSSR count). The van der Waals surface area contributed by atoms with E-state index in [0.29, 0.717) is 0 Å². The summed E-state index contributed by atoms with van der Waals surface area (Å²) >= 11 is 0. The first-order valence-corrected chi connectivity index (χ1v) is 17.3. The second-order valence-electron chi connectivity index (χ2n) is 13.2. The Labute approximate surface area is 289 Å². The number of hydrogen-bond acceptors (Lipinski definition) is 3. The summed E-state index contributed by atoms with van der Waals surface area (Å²) in [4.78, 5) is 15.4. The minimum absolute atomic E-state index is 0.128. The molecule has 49 heavy (non-hydrogen) atoms. The number of benzene rings is 4. The number of aliphatic imine (C=N–C) groups is 2. The fourth-order valence-corrected chi connectivity index (χ4v) is 7.48. The highest BCUT2D eigenvalue weighted by Crippen LogP contribution is 2.41. The average Bonchev–Trinajstić information content (AvgIpc) is 3.19. The summed E-state index contributed by atoms with van der Waals surface area (Å²) in [6.07, 6.45) is 15.1. The van der Waals surface area contributed by atoms with Gasteiger partial charge in [0.25, 0.3) is 0 Å². The number of allylic oxidation sites excluding steroid dienone is 5. The van der Waals surface area contributed by atoms with E-state index in [4.69, 9.17) is 15.0 Å². The van der Waals surface area contributed by atoms with Gasteiger partial charge in [-0.25, -0.2) is 4.98 Å². The van der Waals surface area contributed by atoms with Crippen molar-refractivity contribution in [2.75, 3.05) is 0 Å². The van der Waals surface area contributed by atoms with E-state index < -0.39 is 0 Å². The lowest BCUT2D eigenvalue weighted by Crippen LogP contribution is -2.27. The number of dihydropyridines is 1. The quantitative estimate of drug-likeness (QED) is 0.176. The van der Waals surface area contributed by atoms with Crippen LogP contribution in [-0.2, 0) is 0 Å². The maximum Gasteiger partial charge on any atom is 0.0715 e. The van der Waals surface area contributed by atoms with E-state index in [1.807, 2.05) is 12.4 Å². The maximum atomic E-state index is 5.18. The van der Waals surface area contributed by atoms with Gasteiger partial charge in [0, 0.05) is 41.3 Å². The van der Waals surface area contributed by atoms with Crippen LogP contribution in [0, 0.1) is 11.8 Å². The minimum atomic E-state index is 0.128. The van der Waals surface area contributed by atoms with E-state index in [1.54, 1.807) is 0 Å². The predicted molar refractivity (Wildman–Crippen MR) is 206 cm³/mol. The molecule has 0 radical (unpaired) electrons. The summed E-state index contributed by atoms with van der Waals surface area (Å²) in [5.74, 6) is 0.701. The molecule has 4 aromatic carbocycles. The van der Waals surface area contributed by atoms with E-state index >= 15 is 0 Å². The lowest BCUT2D eigenvalue weighted by atomic mass is 9.75. The maximum absolute atomic E-state index is 5.18. The van der Waals surface area contributed by atoms with Crippen molar-refractivity contribution in [1.82, 2.24) is 4.98 Å². The van der Waals surface area contributed by atoms with Gasteiger partial charge in [0.05, 0.1) is 23.1 Å². The zero-order valence-corrected chi connectivity index (χ0v) is 27.7. The van der Waals surface area contributed by atoms with Crippen molar-refractivity contribution < 1.29 is 0 Å². The molecule has 5 aromatic rings. The molecule has 0 saturated carbocycles. The van der Waals surface area contributed by atoms with Gasteiger partial charge in [-0.15, -0.1) is 0 Å². The van der Waals surface area contributed by atoms with Gasteiger partial charge in [-0.1, -0.05) is 140 Å². The van der Waals surface area contributed by atoms with Gasteiger partial charge in [0.15, 0.2) is 0 Å². The second-order valence-corrected chi connectivity index (χ2v) is 13.2. The van der Waals surface area contributed by atoms with E-state index in [-0.39, 0.29) is 23.8 Å². The first-order valence-electron chi connectivity index (χ1n) is 17.3. The molecule has 0 amide bonds. The molecular formula is C46H39N3. The summed E-state index contributed by atoms with van der Waals surface area (Å²) in [6.45, 7) is 2.32. The molecule has 1 aliphatic carbocycles. The zero-order valence-electron chi connectivity index (χ0n) is 27.7. The normalized spacial score (nSPS) is 21.7. The van der Waals surface area contributed by atoms with Crippen LogP contribution in [-0.4, -0.2) is 23.0 Å². The van der Waals surface area contributed by atoms with Crippen molar-refractivity contribution >= 4 is 23.1 Å². The molecule has 3 nitrogen and oxygen atoms in total. The van der Waals surface area contributed by atoms with Gasteiger partial charge in [-0.2, -0.15) is 0 Å². The second kappa shape index (κ2) is 13.8. The number of hydrogen-bond donors (Lipinski definition) is 0. The van der Waals surface area contributed by atoms with Crippen molar-refractivity contribution in [1.29, 1.82) is 0 Å². The molecule has 3 aliphatic rings. The van der Waals surface area contributed by atoms with Crippen LogP contribution in [0.4, 0.5) is 0 Å². The van der Waals surface area contributed by atoms with Crippen molar-refractivity contribution in [3.63, 3.8) is 0 Å². The molecule has 0 fully saturated rings. The number of nitrogens with zero attached hydrogens (tertiary/aromatic N) is 3. The fraction of sp³-hybridized carbons (Fsp3) is 0.152. The van der Waals surface area contributed by atoms with Crippen molar-refractivity contribution in [3.05, 3.63) is 186 Å². The fourth-order valence-electron chi connectivity index (χ4n) is 7.48. The lowest BCUT2D eigenvalue weighted by molar-refractivity contribution is 0.517. The standard InChI is InChI=1S/C46H39N3/c1-32-42(34-16-8-3-9-17-34)23-25-48-46(32)41-27-38(26-40(28-41)43-29-37(22-24-47-43)33-14-6-2-7-15-33)39-30-44(35-18-10-4-11-19-35)49-45(31-39)36-20-12-5-13-21-36/h2-25,27-28,30-32,40,42-43H,26,29H2,1H3. The van der Waals surface area contributed by atoms with Gasteiger partial charge in [0.2, 0.25) is 0 Å². The van der Waals surface area contributed by atoms with Crippen molar-refractivity contribution in [3.8, 4) is 22.5 Å². The largest absolute Gasteiger partial charge is 0.289 e. The molecule has 238 valence electrons. The van der Waals surface area contributed by atoms with Crippen LogP contribution < -0.4 is 0 Å². The van der Waals surface area contributed by atoms with Crippen molar-refractivity contribution in [2.24, 2.45) is 21.8 Å². The Morgan fingerprint density at radius 2 is 1.20 bits per heavy atom. The first kappa shape index (κ1) is 30.7. The molecule has 4 atom stereocenters. The van der Waals surface area contributed by atoms with E-state index in [9.17, 15) is 0 Å². The topological polar surface area (TPSA) is 37.6 Å².